The molecule has 0 N–H and O–H groups in total. The average molecular weight is 194 g/mol. The number of likely N-dealkylation sites (tertiary alicyclic amines) is 1. The molecule has 1 aromatic rings. The van der Waals surface area contributed by atoms with Gasteiger partial charge in [-0.25, -0.2) is 4.98 Å². The Kier molecular flexibility index (Phi) is 2.19. The minimum absolute atomic E-state index is 0.171. The van der Waals surface area contributed by atoms with E-state index in [1.165, 1.54) is 0 Å². The Hall–Kier alpha value is -1.45. The van der Waals surface area contributed by atoms with Crippen molar-refractivity contribution in [3.05, 3.63) is 29.3 Å². The van der Waals surface area contributed by atoms with Gasteiger partial charge >= 0.3 is 0 Å². The number of halogens is 1. The molecule has 0 radical (unpaired) electrons. The van der Waals surface area contributed by atoms with Crippen LogP contribution in [0.2, 0.25) is 0 Å². The van der Waals surface area contributed by atoms with Gasteiger partial charge in [-0.2, -0.15) is 4.39 Å². The quantitative estimate of drug-likeness (QED) is 0.633. The third kappa shape index (κ3) is 1.47. The Bertz CT molecular complexity index is 374. The van der Waals surface area contributed by atoms with Crippen LogP contribution < -0.4 is 0 Å². The van der Waals surface area contributed by atoms with Crippen LogP contribution in [0.4, 0.5) is 4.39 Å². The highest BCUT2D eigenvalue weighted by Gasteiger charge is 2.22. The van der Waals surface area contributed by atoms with Crippen LogP contribution in [-0.2, 0) is 0 Å². The molecule has 0 atom stereocenters. The molecule has 0 saturated carbocycles. The maximum absolute atomic E-state index is 13.0. The summed E-state index contributed by atoms with van der Waals surface area (Å²) >= 11 is 0. The third-order valence-corrected chi connectivity index (χ3v) is 2.40. The molecule has 0 bridgehead atoms. The molecule has 3 nitrogen and oxygen atoms in total. The molecule has 14 heavy (non-hydrogen) atoms. The second-order valence-corrected chi connectivity index (χ2v) is 3.45. The number of amides is 1. The van der Waals surface area contributed by atoms with Crippen molar-refractivity contribution in [1.29, 1.82) is 0 Å². The molecule has 2 heterocycles. The van der Waals surface area contributed by atoms with Gasteiger partial charge in [-0.3, -0.25) is 4.79 Å². The van der Waals surface area contributed by atoms with Crippen LogP contribution in [-0.4, -0.2) is 28.9 Å². The average Bonchev–Trinajstić information content (AvgIpc) is 2.06. The van der Waals surface area contributed by atoms with Crippen molar-refractivity contribution in [1.82, 2.24) is 9.88 Å². The molecule has 1 aliphatic heterocycles. The molecule has 74 valence electrons. The largest absolute Gasteiger partial charge is 0.337 e. The van der Waals surface area contributed by atoms with Crippen LogP contribution >= 0.6 is 0 Å². The van der Waals surface area contributed by atoms with Crippen molar-refractivity contribution in [2.75, 3.05) is 13.1 Å². The van der Waals surface area contributed by atoms with Gasteiger partial charge in [0, 0.05) is 18.7 Å². The van der Waals surface area contributed by atoms with Gasteiger partial charge in [0.05, 0.1) is 0 Å². The first-order valence-corrected chi connectivity index (χ1v) is 4.61. The lowest BCUT2D eigenvalue weighted by Crippen LogP contribution is -2.42. The van der Waals surface area contributed by atoms with E-state index in [0.29, 0.717) is 5.56 Å². The molecule has 0 aliphatic carbocycles. The lowest BCUT2D eigenvalue weighted by atomic mass is 10.2. The van der Waals surface area contributed by atoms with Gasteiger partial charge in [-0.15, -0.1) is 0 Å². The Morgan fingerprint density at radius 1 is 1.50 bits per heavy atom. The van der Waals surface area contributed by atoms with Crippen LogP contribution in [0.15, 0.2) is 12.1 Å². The third-order valence-electron chi connectivity index (χ3n) is 2.40. The highest BCUT2D eigenvalue weighted by atomic mass is 19.1. The van der Waals surface area contributed by atoms with Crippen molar-refractivity contribution < 1.29 is 9.18 Å². The van der Waals surface area contributed by atoms with Gasteiger partial charge in [-0.1, -0.05) is 6.07 Å². The van der Waals surface area contributed by atoms with Gasteiger partial charge in [0.25, 0.3) is 5.91 Å². The Morgan fingerprint density at radius 3 is 2.71 bits per heavy atom. The van der Waals surface area contributed by atoms with E-state index in [1.807, 2.05) is 0 Å². The highest BCUT2D eigenvalue weighted by Crippen LogP contribution is 2.12. The van der Waals surface area contributed by atoms with Gasteiger partial charge in [0.2, 0.25) is 5.95 Å². The van der Waals surface area contributed by atoms with Crippen molar-refractivity contribution in [3.8, 4) is 0 Å². The van der Waals surface area contributed by atoms with E-state index >= 15 is 0 Å². The SMILES string of the molecule is Cc1ccc(C(=O)N2CCC2)nc1F. The topological polar surface area (TPSA) is 33.2 Å². The van der Waals surface area contributed by atoms with Gasteiger partial charge in [0.15, 0.2) is 0 Å². The van der Waals surface area contributed by atoms with Crippen LogP contribution in [0.3, 0.4) is 0 Å². The standard InChI is InChI=1S/C10H11FN2O/c1-7-3-4-8(12-9(7)11)10(14)13-5-2-6-13/h3-4H,2,5-6H2,1H3. The molecular weight excluding hydrogens is 183 g/mol. The predicted molar refractivity (Wildman–Crippen MR) is 49.5 cm³/mol. The zero-order valence-corrected chi connectivity index (χ0v) is 7.96. The van der Waals surface area contributed by atoms with Crippen molar-refractivity contribution in [3.63, 3.8) is 0 Å². The van der Waals surface area contributed by atoms with Crippen molar-refractivity contribution in [2.24, 2.45) is 0 Å². The lowest BCUT2D eigenvalue weighted by Gasteiger charge is -2.30. The summed E-state index contributed by atoms with van der Waals surface area (Å²) in [5.74, 6) is -0.730. The summed E-state index contributed by atoms with van der Waals surface area (Å²) < 4.78 is 13.0. The summed E-state index contributed by atoms with van der Waals surface area (Å²) in [5, 5.41) is 0. The minimum Gasteiger partial charge on any atom is -0.337 e. The fourth-order valence-corrected chi connectivity index (χ4v) is 1.30. The molecule has 0 spiro atoms. The number of aryl methyl sites for hydroxylation is 1. The maximum Gasteiger partial charge on any atom is 0.272 e. The van der Waals surface area contributed by atoms with Gasteiger partial charge in [-0.05, 0) is 19.4 Å². The monoisotopic (exact) mass is 194 g/mol. The first-order valence-electron chi connectivity index (χ1n) is 4.61. The lowest BCUT2D eigenvalue weighted by molar-refractivity contribution is 0.0644. The smallest absolute Gasteiger partial charge is 0.272 e. The predicted octanol–water partition coefficient (Wildman–Crippen LogP) is 1.38. The Labute approximate surface area is 81.6 Å². The highest BCUT2D eigenvalue weighted by molar-refractivity contribution is 5.92. The first-order chi connectivity index (χ1) is 6.68. The molecule has 0 aromatic carbocycles. The van der Waals surface area contributed by atoms with E-state index in [-0.39, 0.29) is 11.6 Å². The molecule has 1 fully saturated rings. The molecule has 2 rings (SSSR count). The van der Waals surface area contributed by atoms with Gasteiger partial charge < -0.3 is 4.90 Å². The van der Waals surface area contributed by atoms with Gasteiger partial charge in [0.1, 0.15) is 5.69 Å². The van der Waals surface area contributed by atoms with E-state index in [9.17, 15) is 9.18 Å². The summed E-state index contributed by atoms with van der Waals surface area (Å²) in [4.78, 5) is 16.9. The second-order valence-electron chi connectivity index (χ2n) is 3.45. The number of carbonyl (C=O) groups excluding carboxylic acids is 1. The zero-order valence-electron chi connectivity index (χ0n) is 7.96. The Balaban J connectivity index is 2.23. The molecule has 1 saturated heterocycles. The van der Waals surface area contributed by atoms with Crippen LogP contribution in [0.25, 0.3) is 0 Å². The van der Waals surface area contributed by atoms with Crippen molar-refractivity contribution >= 4 is 5.91 Å². The molecule has 1 aliphatic rings. The van der Waals surface area contributed by atoms with E-state index in [0.717, 1.165) is 19.5 Å². The van der Waals surface area contributed by atoms with Crippen LogP contribution in [0.1, 0.15) is 22.5 Å². The number of nitrogens with zero attached hydrogens (tertiary/aromatic N) is 2. The molecule has 0 unspecified atom stereocenters. The van der Waals surface area contributed by atoms with E-state index < -0.39 is 5.95 Å². The Morgan fingerprint density at radius 2 is 2.21 bits per heavy atom. The van der Waals surface area contributed by atoms with E-state index in [2.05, 4.69) is 4.98 Å². The fourth-order valence-electron chi connectivity index (χ4n) is 1.30. The van der Waals surface area contributed by atoms with Crippen LogP contribution in [0.5, 0.6) is 0 Å². The summed E-state index contributed by atoms with van der Waals surface area (Å²) in [7, 11) is 0. The number of rotatable bonds is 1. The van der Waals surface area contributed by atoms with E-state index in [1.54, 1.807) is 24.0 Å². The molecule has 1 amide bonds. The summed E-state index contributed by atoms with van der Waals surface area (Å²) in [6, 6.07) is 3.15. The zero-order chi connectivity index (χ0) is 10.1. The normalized spacial score (nSPS) is 15.1. The number of carbonyl (C=O) groups is 1. The minimum atomic E-state index is -0.559. The summed E-state index contributed by atoms with van der Waals surface area (Å²) in [6.45, 7) is 3.15. The number of hydrogen-bond acceptors (Lipinski definition) is 2. The number of aromatic nitrogens is 1. The fraction of sp³-hybridized carbons (Fsp3) is 0.400. The molecule has 1 aromatic heterocycles. The molecule has 4 heteroatoms. The van der Waals surface area contributed by atoms with E-state index in [4.69, 9.17) is 0 Å². The maximum atomic E-state index is 13.0. The van der Waals surface area contributed by atoms with Crippen molar-refractivity contribution in [2.45, 2.75) is 13.3 Å². The molecular formula is C10H11FN2O. The summed E-state index contributed by atoms with van der Waals surface area (Å²) in [5.41, 5.74) is 0.665. The summed E-state index contributed by atoms with van der Waals surface area (Å²) in [6.07, 6.45) is 1.03. The second kappa shape index (κ2) is 3.36. The first kappa shape index (κ1) is 9.12. The number of hydrogen-bond donors (Lipinski definition) is 0. The number of pyridine rings is 1. The van der Waals surface area contributed by atoms with Crippen LogP contribution in [0, 0.1) is 12.9 Å².